The van der Waals surface area contributed by atoms with Crippen LogP contribution in [0.1, 0.15) is 76.7 Å². The Bertz CT molecular complexity index is 1070. The molecule has 0 aliphatic carbocycles. The number of ether oxygens (including phenoxy) is 1. The van der Waals surface area contributed by atoms with Gasteiger partial charge in [0.15, 0.2) is 11.6 Å². The van der Waals surface area contributed by atoms with Crippen molar-refractivity contribution in [2.75, 3.05) is 6.54 Å². The van der Waals surface area contributed by atoms with Gasteiger partial charge in [0.25, 0.3) is 5.91 Å². The molecule has 2 bridgehead atoms. The van der Waals surface area contributed by atoms with Crippen molar-refractivity contribution in [2.45, 2.75) is 91.0 Å². The van der Waals surface area contributed by atoms with Crippen LogP contribution in [0.3, 0.4) is 0 Å². The predicted molar refractivity (Wildman–Crippen MR) is 143 cm³/mol. The van der Waals surface area contributed by atoms with Crippen LogP contribution in [0.25, 0.3) is 0 Å². The number of fused-ring (bicyclic) bond motifs is 3. The molecule has 2 amide bonds. The molecule has 38 heavy (non-hydrogen) atoms. The fourth-order valence-corrected chi connectivity index (χ4v) is 4.86. The van der Waals surface area contributed by atoms with Crippen molar-refractivity contribution >= 4 is 17.8 Å². The van der Waals surface area contributed by atoms with Gasteiger partial charge in [-0.15, -0.1) is 0 Å². The number of aliphatic hydroxyl groups excluding tert-OH is 1. The number of aryl methyl sites for hydroxylation is 1. The van der Waals surface area contributed by atoms with E-state index in [1.807, 2.05) is 46.8 Å². The summed E-state index contributed by atoms with van der Waals surface area (Å²) in [7, 11) is 0. The van der Waals surface area contributed by atoms with E-state index in [1.165, 1.54) is 17.2 Å². The SMILES string of the molecule is CC1=C[C@@H](O)CCCc2nc(co2)C(=O)N2CCC[C@@H]2C(=O)O[C@H](C(C)C)[C@H](C)/C=C/C(=O)N[C@@H](C)C=C1. The normalized spacial score (nSPS) is 29.4. The molecule has 0 saturated carbocycles. The summed E-state index contributed by atoms with van der Waals surface area (Å²) in [6.07, 6.45) is 11.7. The number of oxazole rings is 1. The zero-order valence-corrected chi connectivity index (χ0v) is 23.1. The van der Waals surface area contributed by atoms with Gasteiger partial charge in [-0.3, -0.25) is 9.59 Å². The van der Waals surface area contributed by atoms with Crippen molar-refractivity contribution in [3.8, 4) is 0 Å². The summed E-state index contributed by atoms with van der Waals surface area (Å²) in [6, 6.07) is -0.906. The van der Waals surface area contributed by atoms with Crippen LogP contribution < -0.4 is 5.32 Å². The summed E-state index contributed by atoms with van der Waals surface area (Å²) in [4.78, 5) is 44.7. The average molecular weight is 528 g/mol. The van der Waals surface area contributed by atoms with E-state index in [0.29, 0.717) is 44.5 Å². The summed E-state index contributed by atoms with van der Waals surface area (Å²) in [5.41, 5.74) is 1.04. The molecular weight excluding hydrogens is 486 g/mol. The smallest absolute Gasteiger partial charge is 0.329 e. The molecule has 3 heterocycles. The lowest BCUT2D eigenvalue weighted by Gasteiger charge is -2.29. The average Bonchev–Trinajstić information content (AvgIpc) is 3.53. The number of esters is 1. The second kappa shape index (κ2) is 13.6. The maximum absolute atomic E-state index is 13.2. The van der Waals surface area contributed by atoms with Crippen molar-refractivity contribution < 1.29 is 28.6 Å². The molecule has 2 aliphatic rings. The van der Waals surface area contributed by atoms with Crippen molar-refractivity contribution in [3.63, 3.8) is 0 Å². The van der Waals surface area contributed by atoms with Crippen LogP contribution in [-0.4, -0.2) is 63.6 Å². The molecule has 5 atom stereocenters. The second-order valence-corrected chi connectivity index (χ2v) is 10.7. The minimum absolute atomic E-state index is 0.00626. The van der Waals surface area contributed by atoms with E-state index in [-0.39, 0.29) is 35.4 Å². The van der Waals surface area contributed by atoms with Crippen LogP contribution >= 0.6 is 0 Å². The van der Waals surface area contributed by atoms with Gasteiger partial charge < -0.3 is 24.5 Å². The van der Waals surface area contributed by atoms with Gasteiger partial charge in [0.2, 0.25) is 5.91 Å². The van der Waals surface area contributed by atoms with Gasteiger partial charge in [-0.1, -0.05) is 50.6 Å². The van der Waals surface area contributed by atoms with Gasteiger partial charge in [0.1, 0.15) is 18.4 Å². The lowest BCUT2D eigenvalue weighted by atomic mass is 9.94. The minimum Gasteiger partial charge on any atom is -0.460 e. The van der Waals surface area contributed by atoms with Gasteiger partial charge in [-0.25, -0.2) is 9.78 Å². The number of rotatable bonds is 1. The molecule has 2 N–H and O–H groups in total. The van der Waals surface area contributed by atoms with Crippen LogP contribution in [0.4, 0.5) is 0 Å². The van der Waals surface area contributed by atoms with E-state index in [1.54, 1.807) is 12.2 Å². The fourth-order valence-electron chi connectivity index (χ4n) is 4.86. The van der Waals surface area contributed by atoms with Crippen molar-refractivity contribution in [2.24, 2.45) is 11.8 Å². The van der Waals surface area contributed by atoms with Gasteiger partial charge in [0, 0.05) is 24.9 Å². The third-order valence-corrected chi connectivity index (χ3v) is 6.90. The summed E-state index contributed by atoms with van der Waals surface area (Å²) in [5, 5.41) is 13.3. The van der Waals surface area contributed by atoms with E-state index in [4.69, 9.17) is 9.15 Å². The van der Waals surface area contributed by atoms with Gasteiger partial charge in [-0.05, 0) is 51.5 Å². The Morgan fingerprint density at radius 1 is 1.11 bits per heavy atom. The summed E-state index contributed by atoms with van der Waals surface area (Å²) >= 11 is 0. The molecule has 2 aliphatic heterocycles. The Morgan fingerprint density at radius 2 is 1.87 bits per heavy atom. The molecule has 3 rings (SSSR count). The number of nitrogens with zero attached hydrogens (tertiary/aromatic N) is 2. The number of aromatic nitrogens is 1. The number of hydrogen-bond acceptors (Lipinski definition) is 7. The third-order valence-electron chi connectivity index (χ3n) is 6.90. The molecular formula is C29H41N3O6. The molecule has 0 radical (unpaired) electrons. The Kier molecular flexibility index (Phi) is 10.5. The molecule has 1 aromatic heterocycles. The molecule has 0 aromatic carbocycles. The number of allylic oxidation sites excluding steroid dienone is 2. The first-order chi connectivity index (χ1) is 18.0. The maximum atomic E-state index is 13.2. The Balaban J connectivity index is 1.84. The predicted octanol–water partition coefficient (Wildman–Crippen LogP) is 3.74. The first-order valence-electron chi connectivity index (χ1n) is 13.5. The largest absolute Gasteiger partial charge is 0.460 e. The highest BCUT2D eigenvalue weighted by Gasteiger charge is 2.38. The maximum Gasteiger partial charge on any atom is 0.329 e. The van der Waals surface area contributed by atoms with E-state index >= 15 is 0 Å². The summed E-state index contributed by atoms with van der Waals surface area (Å²) in [6.45, 7) is 10.0. The second-order valence-electron chi connectivity index (χ2n) is 10.7. The lowest BCUT2D eigenvalue weighted by molar-refractivity contribution is -0.158. The third kappa shape index (κ3) is 8.15. The number of carbonyl (C=O) groups excluding carboxylic acids is 3. The minimum atomic E-state index is -0.692. The molecule has 1 saturated heterocycles. The fraction of sp³-hybridized carbons (Fsp3) is 0.586. The van der Waals surface area contributed by atoms with Gasteiger partial charge in [0.05, 0.1) is 6.10 Å². The molecule has 0 spiro atoms. The van der Waals surface area contributed by atoms with Crippen LogP contribution in [0.2, 0.25) is 0 Å². The van der Waals surface area contributed by atoms with Crippen LogP contribution in [-0.2, 0) is 20.7 Å². The zero-order valence-electron chi connectivity index (χ0n) is 23.1. The topological polar surface area (TPSA) is 122 Å². The highest BCUT2D eigenvalue weighted by Crippen LogP contribution is 2.25. The molecule has 9 heteroatoms. The first-order valence-corrected chi connectivity index (χ1v) is 13.5. The highest BCUT2D eigenvalue weighted by atomic mass is 16.5. The van der Waals surface area contributed by atoms with Crippen LogP contribution in [0.5, 0.6) is 0 Å². The number of hydrogen-bond donors (Lipinski definition) is 2. The zero-order chi connectivity index (χ0) is 27.8. The lowest BCUT2D eigenvalue weighted by Crippen LogP contribution is -2.44. The van der Waals surface area contributed by atoms with Crippen molar-refractivity contribution in [1.29, 1.82) is 0 Å². The molecule has 1 fully saturated rings. The van der Waals surface area contributed by atoms with Crippen LogP contribution in [0, 0.1) is 11.8 Å². The van der Waals surface area contributed by atoms with Crippen molar-refractivity contribution in [1.82, 2.24) is 15.2 Å². The van der Waals surface area contributed by atoms with E-state index in [2.05, 4.69) is 10.3 Å². The molecule has 0 unspecified atom stereocenters. The Hall–Kier alpha value is -3.20. The van der Waals surface area contributed by atoms with Crippen molar-refractivity contribution in [3.05, 3.63) is 53.8 Å². The standard InChI is InChI=1S/C29H41N3O6/c1-18(2)27-20(4)12-14-25(34)30-21(5)13-11-19(3)16-22(33)8-6-10-26-31-23(17-37-26)28(35)32-15-7-9-24(32)29(36)38-27/h11-14,16-18,20-22,24,27,33H,6-10,15H2,1-5H3,(H,30,34)/b13-11?,14-12+,19-16?/t20-,21+,22+,24-,27-/m1/s1. The molecule has 9 nitrogen and oxygen atoms in total. The summed E-state index contributed by atoms with van der Waals surface area (Å²) in [5.74, 6) is -0.843. The van der Waals surface area contributed by atoms with E-state index in [9.17, 15) is 19.5 Å². The Morgan fingerprint density at radius 3 is 2.61 bits per heavy atom. The van der Waals surface area contributed by atoms with Crippen LogP contribution in [0.15, 0.2) is 46.6 Å². The first kappa shape index (κ1) is 29.4. The van der Waals surface area contributed by atoms with Gasteiger partial charge in [-0.2, -0.15) is 0 Å². The van der Waals surface area contributed by atoms with E-state index < -0.39 is 24.2 Å². The number of cyclic esters (lactones) is 1. The molecule has 208 valence electrons. The monoisotopic (exact) mass is 527 g/mol. The van der Waals surface area contributed by atoms with E-state index in [0.717, 1.165) is 5.57 Å². The number of amides is 2. The number of nitrogens with one attached hydrogen (secondary N) is 1. The van der Waals surface area contributed by atoms with Gasteiger partial charge >= 0.3 is 5.97 Å². The summed E-state index contributed by atoms with van der Waals surface area (Å²) < 4.78 is 11.4. The number of aliphatic hydroxyl groups is 1. The quantitative estimate of drug-likeness (QED) is 0.534. The highest BCUT2D eigenvalue weighted by molar-refractivity contribution is 5.95. The molecule has 1 aromatic rings. The Labute approximate surface area is 225 Å². The number of carbonyl (C=O) groups is 3.